The topological polar surface area (TPSA) is 57.6 Å². The highest BCUT2D eigenvalue weighted by Crippen LogP contribution is 2.66. The van der Waals surface area contributed by atoms with Crippen LogP contribution in [-0.4, -0.2) is 25.4 Å². The molecular formula is C23H29NO3S. The van der Waals surface area contributed by atoms with Crippen molar-refractivity contribution >= 4 is 21.4 Å². The average molecular weight is 400 g/mol. The van der Waals surface area contributed by atoms with E-state index in [-0.39, 0.29) is 11.2 Å². The molecule has 4 nitrogen and oxygen atoms in total. The lowest BCUT2D eigenvalue weighted by Gasteiger charge is -2.41. The first-order valence-electron chi connectivity index (χ1n) is 10.0. The summed E-state index contributed by atoms with van der Waals surface area (Å²) in [5, 5.41) is 10.9. The highest BCUT2D eigenvalue weighted by molar-refractivity contribution is 7.93. The van der Waals surface area contributed by atoms with Crippen LogP contribution in [0.25, 0.3) is 0 Å². The minimum atomic E-state index is -3.70. The molecule has 0 aromatic heterocycles. The Morgan fingerprint density at radius 3 is 2.32 bits per heavy atom. The van der Waals surface area contributed by atoms with Gasteiger partial charge in [-0.05, 0) is 67.3 Å². The number of rotatable bonds is 5. The van der Waals surface area contributed by atoms with E-state index in [1.54, 1.807) is 0 Å². The fourth-order valence-corrected chi connectivity index (χ4v) is 7.92. The maximum Gasteiger partial charge on any atom is 0.240 e. The van der Waals surface area contributed by atoms with E-state index in [0.717, 1.165) is 18.4 Å². The molecule has 2 aliphatic rings. The summed E-state index contributed by atoms with van der Waals surface area (Å²) in [5.41, 5.74) is 1.50. The second kappa shape index (κ2) is 6.60. The first-order chi connectivity index (χ1) is 13.2. The number of aliphatic hydroxyl groups is 1. The Hall–Kier alpha value is -1.85. The number of hydrogen-bond donors (Lipinski definition) is 1. The largest absolute Gasteiger partial charge is 0.392 e. The van der Waals surface area contributed by atoms with Crippen molar-refractivity contribution in [3.63, 3.8) is 0 Å². The Morgan fingerprint density at radius 2 is 1.75 bits per heavy atom. The van der Waals surface area contributed by atoms with Crippen LogP contribution in [0.2, 0.25) is 0 Å². The molecule has 2 aromatic carbocycles. The van der Waals surface area contributed by atoms with Crippen molar-refractivity contribution in [1.29, 1.82) is 0 Å². The van der Waals surface area contributed by atoms with E-state index in [9.17, 15) is 13.5 Å². The molecule has 5 heteroatoms. The van der Waals surface area contributed by atoms with Gasteiger partial charge >= 0.3 is 0 Å². The van der Waals surface area contributed by atoms with Crippen molar-refractivity contribution < 1.29 is 13.5 Å². The molecule has 0 heterocycles. The first kappa shape index (κ1) is 19.5. The molecule has 2 bridgehead atoms. The molecule has 0 radical (unpaired) electrons. The first-order valence-corrected chi connectivity index (χ1v) is 11.6. The molecule has 1 N–H and O–H groups in total. The minimum Gasteiger partial charge on any atom is -0.392 e. The fourth-order valence-electron chi connectivity index (χ4n) is 5.56. The normalized spacial score (nSPS) is 28.4. The minimum absolute atomic E-state index is 0.0342. The number of anilines is 2. The Labute approximate surface area is 168 Å². The van der Waals surface area contributed by atoms with E-state index in [1.807, 2.05) is 61.5 Å². The van der Waals surface area contributed by atoms with Gasteiger partial charge in [0, 0.05) is 5.41 Å². The van der Waals surface area contributed by atoms with Crippen molar-refractivity contribution in [2.45, 2.75) is 46.1 Å². The molecule has 2 aliphatic carbocycles. The monoisotopic (exact) mass is 399 g/mol. The summed E-state index contributed by atoms with van der Waals surface area (Å²) in [6.45, 7) is 6.23. The molecule has 4 rings (SSSR count). The SMILES string of the molecule is Cc1cccc(N(c2ccccc2)S(=O)(=O)CC23CCC(CC2O)C3(C)C)c1. The third-order valence-electron chi connectivity index (χ3n) is 7.33. The van der Waals surface area contributed by atoms with Gasteiger partial charge in [0.05, 0.1) is 23.2 Å². The molecular weight excluding hydrogens is 370 g/mol. The van der Waals surface area contributed by atoms with Crippen molar-refractivity contribution in [1.82, 2.24) is 0 Å². The smallest absolute Gasteiger partial charge is 0.240 e. The maximum absolute atomic E-state index is 13.8. The van der Waals surface area contributed by atoms with Gasteiger partial charge in [-0.1, -0.05) is 44.2 Å². The molecule has 2 saturated carbocycles. The number of hydrogen-bond acceptors (Lipinski definition) is 3. The van der Waals surface area contributed by atoms with Crippen molar-refractivity contribution in [3.8, 4) is 0 Å². The number of para-hydroxylation sites is 1. The van der Waals surface area contributed by atoms with Crippen LogP contribution in [0.3, 0.4) is 0 Å². The number of nitrogens with zero attached hydrogens (tertiary/aromatic N) is 1. The van der Waals surface area contributed by atoms with E-state index in [2.05, 4.69) is 13.8 Å². The fraction of sp³-hybridized carbons (Fsp3) is 0.478. The molecule has 3 atom stereocenters. The number of aliphatic hydroxyl groups excluding tert-OH is 1. The van der Waals surface area contributed by atoms with Gasteiger partial charge in [0.2, 0.25) is 10.0 Å². The van der Waals surface area contributed by atoms with Crippen molar-refractivity contribution in [2.75, 3.05) is 10.1 Å². The highest BCUT2D eigenvalue weighted by atomic mass is 32.2. The molecule has 150 valence electrons. The Kier molecular flexibility index (Phi) is 4.59. The van der Waals surface area contributed by atoms with Crippen LogP contribution < -0.4 is 4.31 Å². The lowest BCUT2D eigenvalue weighted by Crippen LogP contribution is -2.47. The predicted octanol–water partition coefficient (Wildman–Crippen LogP) is 4.65. The highest BCUT2D eigenvalue weighted by Gasteiger charge is 2.65. The second-order valence-electron chi connectivity index (χ2n) is 9.06. The van der Waals surface area contributed by atoms with E-state index in [0.29, 0.717) is 23.7 Å². The summed E-state index contributed by atoms with van der Waals surface area (Å²) in [6, 6.07) is 16.8. The number of benzene rings is 2. The van der Waals surface area contributed by atoms with Crippen LogP contribution in [0, 0.1) is 23.7 Å². The van der Waals surface area contributed by atoms with Crippen molar-refractivity contribution in [3.05, 3.63) is 60.2 Å². The van der Waals surface area contributed by atoms with Gasteiger partial charge in [-0.2, -0.15) is 0 Å². The maximum atomic E-state index is 13.8. The number of fused-ring (bicyclic) bond motifs is 2. The van der Waals surface area contributed by atoms with Gasteiger partial charge in [0.1, 0.15) is 0 Å². The molecule has 28 heavy (non-hydrogen) atoms. The van der Waals surface area contributed by atoms with E-state index in [4.69, 9.17) is 0 Å². The van der Waals surface area contributed by atoms with E-state index < -0.39 is 21.5 Å². The van der Waals surface area contributed by atoms with Crippen LogP contribution in [0.4, 0.5) is 11.4 Å². The van der Waals surface area contributed by atoms with E-state index in [1.165, 1.54) is 4.31 Å². The summed E-state index contributed by atoms with van der Waals surface area (Å²) < 4.78 is 29.1. The Bertz CT molecular complexity index is 970. The molecule has 2 fully saturated rings. The average Bonchev–Trinajstić information content (AvgIpc) is 2.96. The molecule has 0 aliphatic heterocycles. The molecule has 0 amide bonds. The number of sulfonamides is 1. The van der Waals surface area contributed by atoms with Crippen LogP contribution in [-0.2, 0) is 10.0 Å². The van der Waals surface area contributed by atoms with Crippen molar-refractivity contribution in [2.24, 2.45) is 16.7 Å². The molecule has 0 saturated heterocycles. The zero-order valence-corrected chi connectivity index (χ0v) is 17.6. The summed E-state index contributed by atoms with van der Waals surface area (Å²) in [4.78, 5) is 0. The van der Waals surface area contributed by atoms with Gasteiger partial charge < -0.3 is 5.11 Å². The quantitative estimate of drug-likeness (QED) is 0.796. The third-order valence-corrected chi connectivity index (χ3v) is 9.19. The summed E-state index contributed by atoms with van der Waals surface area (Å²) in [6.07, 6.45) is 1.90. The van der Waals surface area contributed by atoms with Gasteiger partial charge in [0.15, 0.2) is 0 Å². The standard InChI is InChI=1S/C23H29NO3S/c1-17-8-7-11-20(14-17)24(19-9-5-4-6-10-19)28(26,27)16-23-13-12-18(15-21(23)25)22(23,2)3/h4-11,14,18,21,25H,12-13,15-16H2,1-3H3. The third kappa shape index (κ3) is 2.87. The molecule has 3 unspecified atom stereocenters. The van der Waals surface area contributed by atoms with Crippen LogP contribution in [0.5, 0.6) is 0 Å². The lowest BCUT2D eigenvalue weighted by molar-refractivity contribution is 0.0153. The molecule has 2 aromatic rings. The Morgan fingerprint density at radius 1 is 1.07 bits per heavy atom. The number of aryl methyl sites for hydroxylation is 1. The lowest BCUT2D eigenvalue weighted by atomic mass is 9.70. The van der Waals surface area contributed by atoms with E-state index >= 15 is 0 Å². The summed E-state index contributed by atoms with van der Waals surface area (Å²) in [7, 11) is -3.70. The zero-order valence-electron chi connectivity index (χ0n) is 16.8. The Balaban J connectivity index is 1.80. The summed E-state index contributed by atoms with van der Waals surface area (Å²) >= 11 is 0. The second-order valence-corrected chi connectivity index (χ2v) is 10.9. The van der Waals surface area contributed by atoms with Crippen LogP contribution in [0.15, 0.2) is 54.6 Å². The van der Waals surface area contributed by atoms with Gasteiger partial charge in [-0.25, -0.2) is 12.7 Å². The van der Waals surface area contributed by atoms with Crippen LogP contribution >= 0.6 is 0 Å². The van der Waals surface area contributed by atoms with Crippen LogP contribution in [0.1, 0.15) is 38.7 Å². The van der Waals surface area contributed by atoms with Gasteiger partial charge in [0.25, 0.3) is 0 Å². The zero-order chi connectivity index (χ0) is 20.2. The van der Waals surface area contributed by atoms with Gasteiger partial charge in [-0.3, -0.25) is 0 Å². The van der Waals surface area contributed by atoms with Gasteiger partial charge in [-0.15, -0.1) is 0 Å². The molecule has 0 spiro atoms. The predicted molar refractivity (Wildman–Crippen MR) is 113 cm³/mol. The summed E-state index contributed by atoms with van der Waals surface area (Å²) in [5.74, 6) is 0.356.